The summed E-state index contributed by atoms with van der Waals surface area (Å²) in [6.07, 6.45) is 0. The molecule has 0 unspecified atom stereocenters. The summed E-state index contributed by atoms with van der Waals surface area (Å²) in [5, 5.41) is 3.26. The third-order valence-electron chi connectivity index (χ3n) is 6.21. The van der Waals surface area contributed by atoms with Crippen molar-refractivity contribution in [1.29, 1.82) is 0 Å². The van der Waals surface area contributed by atoms with E-state index in [9.17, 15) is 18.0 Å². The molecule has 0 heterocycles. The van der Waals surface area contributed by atoms with Gasteiger partial charge in [0.1, 0.15) is 12.6 Å². The number of hydrogen-bond donors (Lipinski definition) is 1. The maximum absolute atomic E-state index is 14.0. The van der Waals surface area contributed by atoms with Crippen molar-refractivity contribution in [1.82, 2.24) is 10.2 Å². The lowest BCUT2D eigenvalue weighted by Gasteiger charge is -2.32. The lowest BCUT2D eigenvalue weighted by molar-refractivity contribution is -0.139. The average Bonchev–Trinajstić information content (AvgIpc) is 2.90. The van der Waals surface area contributed by atoms with E-state index in [0.29, 0.717) is 22.8 Å². The van der Waals surface area contributed by atoms with Gasteiger partial charge in [0, 0.05) is 22.6 Å². The van der Waals surface area contributed by atoms with E-state index < -0.39 is 28.5 Å². The maximum Gasteiger partial charge on any atom is 0.264 e. The highest BCUT2D eigenvalue weighted by atomic mass is 79.9. The summed E-state index contributed by atoms with van der Waals surface area (Å²) in [5.74, 6) is -0.614. The summed E-state index contributed by atoms with van der Waals surface area (Å²) >= 11 is 9.80. The summed E-state index contributed by atoms with van der Waals surface area (Å²) in [5.41, 5.74) is 1.60. The van der Waals surface area contributed by atoms with Crippen LogP contribution in [0.3, 0.4) is 0 Å². The Bertz CT molecular complexity index is 1420. The van der Waals surface area contributed by atoms with Crippen molar-refractivity contribution in [2.45, 2.75) is 45.2 Å². The molecule has 10 heteroatoms. The second-order valence-corrected chi connectivity index (χ2v) is 12.9. The summed E-state index contributed by atoms with van der Waals surface area (Å²) in [7, 11) is -4.15. The minimum absolute atomic E-state index is 0.0402. The minimum Gasteiger partial charge on any atom is -0.354 e. The van der Waals surface area contributed by atoms with Gasteiger partial charge in [-0.25, -0.2) is 8.42 Å². The molecule has 0 aromatic heterocycles. The van der Waals surface area contributed by atoms with Gasteiger partial charge >= 0.3 is 0 Å². The van der Waals surface area contributed by atoms with Crippen molar-refractivity contribution >= 4 is 55.1 Å². The van der Waals surface area contributed by atoms with Crippen LogP contribution in [0.2, 0.25) is 5.02 Å². The van der Waals surface area contributed by atoms with Gasteiger partial charge in [0.25, 0.3) is 10.0 Å². The second-order valence-electron chi connectivity index (χ2n) is 9.68. The molecular weight excluding hydrogens is 602 g/mol. The first-order valence-corrected chi connectivity index (χ1v) is 15.2. The standard InChI is InChI=1S/C29H33BrClN3O4S/c1-20(2)17-32-29(36)22(4)33(18-23-10-8-11-24(30)16-23)28(35)19-34(27-15-9-14-26(31)21(27)3)39(37,38)25-12-6-5-7-13-25/h5-16,20,22H,17-19H2,1-4H3,(H,32,36)/t22-/m1/s1. The number of nitrogens with zero attached hydrogens (tertiary/aromatic N) is 2. The van der Waals surface area contributed by atoms with E-state index in [4.69, 9.17) is 11.6 Å². The van der Waals surface area contributed by atoms with Crippen LogP contribution in [-0.2, 0) is 26.2 Å². The summed E-state index contributed by atoms with van der Waals surface area (Å²) in [4.78, 5) is 28.5. The fourth-order valence-electron chi connectivity index (χ4n) is 3.97. The molecule has 2 amide bonds. The highest BCUT2D eigenvalue weighted by molar-refractivity contribution is 9.10. The largest absolute Gasteiger partial charge is 0.354 e. The Kier molecular flexibility index (Phi) is 10.6. The van der Waals surface area contributed by atoms with Crippen molar-refractivity contribution in [3.05, 3.63) is 93.4 Å². The van der Waals surface area contributed by atoms with E-state index in [-0.39, 0.29) is 23.3 Å². The zero-order valence-electron chi connectivity index (χ0n) is 22.4. The summed E-state index contributed by atoms with van der Waals surface area (Å²) < 4.78 is 29.6. The highest BCUT2D eigenvalue weighted by Gasteiger charge is 2.33. The Balaban J connectivity index is 2.04. The van der Waals surface area contributed by atoms with Gasteiger partial charge in [0.05, 0.1) is 10.6 Å². The predicted molar refractivity (Wildman–Crippen MR) is 159 cm³/mol. The maximum atomic E-state index is 14.0. The molecule has 0 saturated heterocycles. The summed E-state index contributed by atoms with van der Waals surface area (Å²) in [6, 6.07) is 19.4. The third-order valence-corrected chi connectivity index (χ3v) is 8.89. The fourth-order valence-corrected chi connectivity index (χ4v) is 6.08. The van der Waals surface area contributed by atoms with Crippen LogP contribution in [0.15, 0.2) is 82.2 Å². The van der Waals surface area contributed by atoms with Crippen molar-refractivity contribution in [2.24, 2.45) is 5.92 Å². The first kappa shape index (κ1) is 30.7. The Morgan fingerprint density at radius 1 is 0.974 bits per heavy atom. The Hall–Kier alpha value is -2.88. The number of halogens is 2. The number of sulfonamides is 1. The molecule has 0 bridgehead atoms. The van der Waals surface area contributed by atoms with Gasteiger partial charge in [-0.05, 0) is 67.3 Å². The van der Waals surface area contributed by atoms with Gasteiger partial charge in [-0.1, -0.05) is 77.8 Å². The number of amides is 2. The third kappa shape index (κ3) is 7.84. The molecule has 3 aromatic carbocycles. The molecule has 208 valence electrons. The van der Waals surface area contributed by atoms with E-state index in [1.165, 1.54) is 17.0 Å². The van der Waals surface area contributed by atoms with Crippen LogP contribution in [0.1, 0.15) is 31.9 Å². The van der Waals surface area contributed by atoms with Crippen molar-refractivity contribution < 1.29 is 18.0 Å². The molecule has 3 aromatic rings. The number of rotatable bonds is 11. The number of anilines is 1. The molecule has 1 atom stereocenters. The quantitative estimate of drug-likeness (QED) is 0.289. The fraction of sp³-hybridized carbons (Fsp3) is 0.310. The molecule has 0 saturated carbocycles. The Morgan fingerprint density at radius 3 is 2.28 bits per heavy atom. The normalized spacial score (nSPS) is 12.2. The van der Waals surface area contributed by atoms with Gasteiger partial charge in [-0.3, -0.25) is 13.9 Å². The SMILES string of the molecule is Cc1c(Cl)cccc1N(CC(=O)N(Cc1cccc(Br)c1)[C@H](C)C(=O)NCC(C)C)S(=O)(=O)c1ccccc1. The minimum atomic E-state index is -4.15. The number of hydrogen-bond acceptors (Lipinski definition) is 4. The summed E-state index contributed by atoms with van der Waals surface area (Å²) in [6.45, 7) is 7.36. The van der Waals surface area contributed by atoms with E-state index in [0.717, 1.165) is 14.3 Å². The molecule has 0 fully saturated rings. The molecule has 3 rings (SSSR count). The van der Waals surface area contributed by atoms with E-state index in [1.807, 2.05) is 38.1 Å². The topological polar surface area (TPSA) is 86.8 Å². The second kappa shape index (κ2) is 13.5. The van der Waals surface area contributed by atoms with Crippen LogP contribution in [0.4, 0.5) is 5.69 Å². The predicted octanol–water partition coefficient (Wildman–Crippen LogP) is 5.80. The van der Waals surface area contributed by atoms with Crippen LogP contribution < -0.4 is 9.62 Å². The monoisotopic (exact) mass is 633 g/mol. The van der Waals surface area contributed by atoms with E-state index in [2.05, 4.69) is 21.2 Å². The Labute approximate surface area is 244 Å². The van der Waals surface area contributed by atoms with Gasteiger partial charge in [-0.2, -0.15) is 0 Å². The van der Waals surface area contributed by atoms with Gasteiger partial charge in [0.2, 0.25) is 11.8 Å². The number of benzene rings is 3. The molecule has 39 heavy (non-hydrogen) atoms. The molecule has 7 nitrogen and oxygen atoms in total. The average molecular weight is 635 g/mol. The lowest BCUT2D eigenvalue weighted by atomic mass is 10.1. The lowest BCUT2D eigenvalue weighted by Crippen LogP contribution is -2.51. The number of nitrogens with one attached hydrogen (secondary N) is 1. The Morgan fingerprint density at radius 2 is 1.64 bits per heavy atom. The molecule has 0 aliphatic heterocycles. The van der Waals surface area contributed by atoms with Crippen molar-refractivity contribution in [2.75, 3.05) is 17.4 Å². The van der Waals surface area contributed by atoms with Gasteiger partial charge in [0.15, 0.2) is 0 Å². The van der Waals surface area contributed by atoms with Gasteiger partial charge in [-0.15, -0.1) is 0 Å². The number of carbonyl (C=O) groups excluding carboxylic acids is 2. The first-order chi connectivity index (χ1) is 18.4. The van der Waals surface area contributed by atoms with E-state index >= 15 is 0 Å². The van der Waals surface area contributed by atoms with Crippen LogP contribution in [0.5, 0.6) is 0 Å². The van der Waals surface area contributed by atoms with Gasteiger partial charge < -0.3 is 10.2 Å². The molecule has 0 radical (unpaired) electrons. The van der Waals surface area contributed by atoms with Crippen LogP contribution in [0.25, 0.3) is 0 Å². The van der Waals surface area contributed by atoms with Crippen molar-refractivity contribution in [3.63, 3.8) is 0 Å². The van der Waals surface area contributed by atoms with Crippen LogP contribution in [-0.4, -0.2) is 44.3 Å². The molecule has 0 aliphatic carbocycles. The van der Waals surface area contributed by atoms with E-state index in [1.54, 1.807) is 50.2 Å². The molecule has 1 N–H and O–H groups in total. The molecule has 0 spiro atoms. The van der Waals surface area contributed by atoms with Crippen LogP contribution in [0, 0.1) is 12.8 Å². The molecule has 0 aliphatic rings. The highest BCUT2D eigenvalue weighted by Crippen LogP contribution is 2.31. The zero-order chi connectivity index (χ0) is 28.7. The molecular formula is C29H33BrClN3O4S. The number of carbonyl (C=O) groups is 2. The zero-order valence-corrected chi connectivity index (χ0v) is 25.6. The van der Waals surface area contributed by atoms with Crippen LogP contribution >= 0.6 is 27.5 Å². The van der Waals surface area contributed by atoms with Crippen molar-refractivity contribution in [3.8, 4) is 0 Å². The first-order valence-electron chi connectivity index (χ1n) is 12.6. The smallest absolute Gasteiger partial charge is 0.264 e.